The van der Waals surface area contributed by atoms with Crippen molar-refractivity contribution in [3.63, 3.8) is 0 Å². The number of ketones is 2. The van der Waals surface area contributed by atoms with E-state index in [2.05, 4.69) is 0 Å². The normalized spacial score (nSPS) is 16.3. The lowest BCUT2D eigenvalue weighted by Gasteiger charge is -2.25. The zero-order valence-electron chi connectivity index (χ0n) is 16.9. The number of aromatic hydroxyl groups is 3. The van der Waals surface area contributed by atoms with E-state index >= 15 is 0 Å². The molecule has 3 N–H and O–H groups in total. The number of hydrogen-bond acceptors (Lipinski definition) is 8. The molecule has 1 heterocycles. The van der Waals surface area contributed by atoms with E-state index in [9.17, 15) is 29.7 Å². The molecule has 0 amide bonds. The first kappa shape index (κ1) is 19.6. The average Bonchev–Trinajstić information content (AvgIpc) is 3.14. The highest BCUT2D eigenvalue weighted by atomic mass is 16.5. The maximum Gasteiger partial charge on any atom is 0.343 e. The van der Waals surface area contributed by atoms with Crippen molar-refractivity contribution in [2.24, 2.45) is 0 Å². The summed E-state index contributed by atoms with van der Waals surface area (Å²) < 4.78 is 10.7. The molecule has 0 radical (unpaired) electrons. The molecule has 0 aromatic heterocycles. The summed E-state index contributed by atoms with van der Waals surface area (Å²) in [5, 5.41) is 31.5. The van der Waals surface area contributed by atoms with Crippen molar-refractivity contribution < 1.29 is 39.2 Å². The first-order chi connectivity index (χ1) is 15.3. The number of benzene rings is 3. The molecule has 0 saturated heterocycles. The summed E-state index contributed by atoms with van der Waals surface area (Å²) in [6.07, 6.45) is -1.03. The smallest absolute Gasteiger partial charge is 0.343 e. The van der Waals surface area contributed by atoms with Gasteiger partial charge in [-0.05, 0) is 18.6 Å². The van der Waals surface area contributed by atoms with Crippen molar-refractivity contribution in [1.82, 2.24) is 0 Å². The highest BCUT2D eigenvalue weighted by Gasteiger charge is 2.46. The van der Waals surface area contributed by atoms with Gasteiger partial charge in [0.1, 0.15) is 17.1 Å². The van der Waals surface area contributed by atoms with Crippen molar-refractivity contribution in [2.75, 3.05) is 7.11 Å². The van der Waals surface area contributed by atoms with Crippen LogP contribution in [-0.2, 0) is 4.74 Å². The van der Waals surface area contributed by atoms with Gasteiger partial charge in [-0.3, -0.25) is 9.59 Å². The Kier molecular flexibility index (Phi) is 4.04. The van der Waals surface area contributed by atoms with Crippen molar-refractivity contribution in [3.05, 3.63) is 80.9 Å². The molecule has 0 bridgehead atoms. The zero-order chi connectivity index (χ0) is 22.9. The van der Waals surface area contributed by atoms with E-state index in [0.717, 1.165) is 6.07 Å². The molecule has 1 aliphatic heterocycles. The lowest BCUT2D eigenvalue weighted by Crippen LogP contribution is -2.25. The summed E-state index contributed by atoms with van der Waals surface area (Å²) in [5.74, 6) is -4.13. The van der Waals surface area contributed by atoms with E-state index in [1.54, 1.807) is 30.3 Å². The Morgan fingerprint density at radius 3 is 2.22 bits per heavy atom. The van der Waals surface area contributed by atoms with Crippen molar-refractivity contribution in [2.45, 2.75) is 13.0 Å². The minimum absolute atomic E-state index is 0.0312. The summed E-state index contributed by atoms with van der Waals surface area (Å²) in [7, 11) is 1.22. The molecule has 2 aliphatic rings. The predicted molar refractivity (Wildman–Crippen MR) is 110 cm³/mol. The van der Waals surface area contributed by atoms with E-state index in [1.165, 1.54) is 14.0 Å². The van der Waals surface area contributed by atoms with Crippen LogP contribution >= 0.6 is 0 Å². The van der Waals surface area contributed by atoms with Gasteiger partial charge in [0, 0.05) is 22.3 Å². The standard InChI is InChI=1S/C24H16O8/c1-9-18(26)16-17(23(31-2)19(9)27)21(29)13-11(20(16)28)8-12(25)14-15(13)22(32-24(14)30)10-6-4-3-5-7-10/h3-8,22,25-27H,1-2H3. The van der Waals surface area contributed by atoms with Gasteiger partial charge < -0.3 is 24.8 Å². The second-order valence-corrected chi connectivity index (χ2v) is 7.57. The van der Waals surface area contributed by atoms with Crippen LogP contribution in [0.5, 0.6) is 23.0 Å². The fourth-order valence-corrected chi connectivity index (χ4v) is 4.39. The summed E-state index contributed by atoms with van der Waals surface area (Å²) in [6.45, 7) is 1.37. The SMILES string of the molecule is COc1c(O)c(C)c(O)c2c1C(=O)c1c(cc(O)c3c1C(c1ccccc1)OC3=O)C2=O. The Morgan fingerprint density at radius 2 is 1.56 bits per heavy atom. The van der Waals surface area contributed by atoms with Gasteiger partial charge >= 0.3 is 5.97 Å². The van der Waals surface area contributed by atoms with Gasteiger partial charge in [-0.1, -0.05) is 30.3 Å². The van der Waals surface area contributed by atoms with E-state index in [0.29, 0.717) is 5.56 Å². The number of fused-ring (bicyclic) bond motifs is 4. The van der Waals surface area contributed by atoms with Crippen LogP contribution in [-0.4, -0.2) is 40.0 Å². The molecule has 8 nitrogen and oxygen atoms in total. The van der Waals surface area contributed by atoms with Crippen molar-refractivity contribution >= 4 is 17.5 Å². The Morgan fingerprint density at radius 1 is 0.875 bits per heavy atom. The van der Waals surface area contributed by atoms with Gasteiger partial charge in [-0.2, -0.15) is 0 Å². The summed E-state index contributed by atoms with van der Waals surface area (Å²) in [6, 6.07) is 9.62. The third-order valence-corrected chi connectivity index (χ3v) is 5.91. The summed E-state index contributed by atoms with van der Waals surface area (Å²) >= 11 is 0. The molecule has 0 saturated carbocycles. The lowest BCUT2D eigenvalue weighted by molar-refractivity contribution is 0.0452. The Hall–Kier alpha value is -4.33. The van der Waals surface area contributed by atoms with Crippen LogP contribution in [0.3, 0.4) is 0 Å². The molecule has 160 valence electrons. The second-order valence-electron chi connectivity index (χ2n) is 7.57. The maximum absolute atomic E-state index is 13.7. The number of carbonyl (C=O) groups excluding carboxylic acids is 3. The summed E-state index contributed by atoms with van der Waals surface area (Å²) in [4.78, 5) is 39.7. The van der Waals surface area contributed by atoms with E-state index in [1.807, 2.05) is 0 Å². The molecule has 1 atom stereocenters. The van der Waals surface area contributed by atoms with Crippen LogP contribution < -0.4 is 4.74 Å². The predicted octanol–water partition coefficient (Wildman–Crippen LogP) is 3.16. The van der Waals surface area contributed by atoms with E-state index in [-0.39, 0.29) is 44.7 Å². The minimum Gasteiger partial charge on any atom is -0.507 e. The third-order valence-electron chi connectivity index (χ3n) is 5.91. The Labute approximate surface area is 181 Å². The quantitative estimate of drug-likeness (QED) is 0.412. The second kappa shape index (κ2) is 6.58. The van der Waals surface area contributed by atoms with Gasteiger partial charge in [-0.25, -0.2) is 4.79 Å². The fourth-order valence-electron chi connectivity index (χ4n) is 4.39. The number of methoxy groups -OCH3 is 1. The molecular weight excluding hydrogens is 416 g/mol. The maximum atomic E-state index is 13.7. The van der Waals surface area contributed by atoms with Gasteiger partial charge in [0.05, 0.1) is 18.2 Å². The molecular formula is C24H16O8. The number of hydrogen-bond donors (Lipinski definition) is 3. The number of esters is 1. The van der Waals surface area contributed by atoms with E-state index < -0.39 is 40.9 Å². The van der Waals surface area contributed by atoms with Gasteiger partial charge in [0.2, 0.25) is 0 Å². The molecule has 5 rings (SSSR count). The number of phenols is 3. The zero-order valence-corrected chi connectivity index (χ0v) is 16.9. The average molecular weight is 432 g/mol. The highest BCUT2D eigenvalue weighted by Crippen LogP contribution is 2.50. The molecule has 3 aromatic rings. The molecule has 8 heteroatoms. The monoisotopic (exact) mass is 432 g/mol. The summed E-state index contributed by atoms with van der Waals surface area (Å²) in [5.41, 5.74) is -0.615. The van der Waals surface area contributed by atoms with Gasteiger partial charge in [0.15, 0.2) is 29.2 Å². The Bertz CT molecular complexity index is 1370. The number of phenolic OH excluding ortho intramolecular Hbond substituents is 3. The Balaban J connectivity index is 1.88. The first-order valence-electron chi connectivity index (χ1n) is 9.65. The van der Waals surface area contributed by atoms with Gasteiger partial charge in [-0.15, -0.1) is 0 Å². The van der Waals surface area contributed by atoms with Crippen LogP contribution in [0.2, 0.25) is 0 Å². The van der Waals surface area contributed by atoms with Crippen LogP contribution in [0.25, 0.3) is 0 Å². The third kappa shape index (κ3) is 2.34. The number of rotatable bonds is 2. The first-order valence-corrected chi connectivity index (χ1v) is 9.65. The topological polar surface area (TPSA) is 130 Å². The van der Waals surface area contributed by atoms with Gasteiger partial charge in [0.25, 0.3) is 0 Å². The fraction of sp³-hybridized carbons (Fsp3) is 0.125. The van der Waals surface area contributed by atoms with Crippen LogP contribution in [0.4, 0.5) is 0 Å². The van der Waals surface area contributed by atoms with Crippen molar-refractivity contribution in [3.8, 4) is 23.0 Å². The lowest BCUT2D eigenvalue weighted by atomic mass is 9.77. The number of carbonyl (C=O) groups is 3. The molecule has 3 aromatic carbocycles. The molecule has 0 fully saturated rings. The largest absolute Gasteiger partial charge is 0.507 e. The van der Waals surface area contributed by atoms with Crippen LogP contribution in [0.1, 0.15) is 65.0 Å². The number of cyclic esters (lactones) is 1. The number of ether oxygens (including phenoxy) is 2. The van der Waals surface area contributed by atoms with Crippen molar-refractivity contribution in [1.29, 1.82) is 0 Å². The van der Waals surface area contributed by atoms with E-state index in [4.69, 9.17) is 9.47 Å². The molecule has 1 aliphatic carbocycles. The minimum atomic E-state index is -1.03. The van der Waals surface area contributed by atoms with Crippen LogP contribution in [0.15, 0.2) is 36.4 Å². The van der Waals surface area contributed by atoms with Crippen LogP contribution in [0, 0.1) is 6.92 Å². The molecule has 1 unspecified atom stereocenters. The highest BCUT2D eigenvalue weighted by molar-refractivity contribution is 6.32. The molecule has 0 spiro atoms. The molecule has 32 heavy (non-hydrogen) atoms.